The molecule has 1 atom stereocenters. The molecule has 1 unspecified atom stereocenters. The maximum absolute atomic E-state index is 13.5. The molecule has 0 spiro atoms. The van der Waals surface area contributed by atoms with Crippen LogP contribution in [-0.4, -0.2) is 36.6 Å². The lowest BCUT2D eigenvalue weighted by molar-refractivity contribution is -0.959. The number of rotatable bonds is 7. The van der Waals surface area contributed by atoms with Crippen molar-refractivity contribution in [2.45, 2.75) is 59.0 Å². The fourth-order valence-electron chi connectivity index (χ4n) is 4.93. The van der Waals surface area contributed by atoms with Crippen LogP contribution in [0.1, 0.15) is 49.3 Å². The first kappa shape index (κ1) is 21.4. The van der Waals surface area contributed by atoms with E-state index in [0.29, 0.717) is 0 Å². The summed E-state index contributed by atoms with van der Waals surface area (Å²) in [6.07, 6.45) is 4.41. The zero-order valence-electron chi connectivity index (χ0n) is 18.3. The number of amides is 1. The lowest BCUT2D eigenvalue weighted by atomic mass is 9.98. The highest BCUT2D eigenvalue weighted by Gasteiger charge is 2.42. The molecule has 1 N–H and O–H groups in total. The van der Waals surface area contributed by atoms with E-state index >= 15 is 0 Å². The minimum atomic E-state index is -0.0702. The summed E-state index contributed by atoms with van der Waals surface area (Å²) < 4.78 is 6.44. The molecule has 4 nitrogen and oxygen atoms in total. The van der Waals surface area contributed by atoms with E-state index in [0.717, 1.165) is 53.1 Å². The molecule has 1 amide bonds. The third-order valence-corrected chi connectivity index (χ3v) is 6.46. The number of carbonyl (C=O) groups is 1. The van der Waals surface area contributed by atoms with E-state index in [2.05, 4.69) is 50.4 Å². The molecule has 1 fully saturated rings. The van der Waals surface area contributed by atoms with Crippen LogP contribution in [0.15, 0.2) is 42.5 Å². The number of para-hydroxylation sites is 2. The fraction of sp³-hybridized carbons (Fsp3) is 0.480. The van der Waals surface area contributed by atoms with E-state index in [4.69, 9.17) is 4.74 Å². The molecule has 0 aliphatic carbocycles. The predicted molar refractivity (Wildman–Crippen MR) is 119 cm³/mol. The molecule has 3 rings (SSSR count). The highest BCUT2D eigenvalue weighted by molar-refractivity contribution is 5.95. The molecule has 1 aliphatic rings. The molecule has 0 radical (unpaired) electrons. The fourth-order valence-corrected chi connectivity index (χ4v) is 4.93. The van der Waals surface area contributed by atoms with Crippen molar-refractivity contribution < 1.29 is 14.0 Å². The number of nitrogens with zero attached hydrogens (tertiary/aromatic N) is 1. The Morgan fingerprint density at radius 3 is 2.31 bits per heavy atom. The number of carbonyl (C=O) groups excluding carboxylic acids is 1. The summed E-state index contributed by atoms with van der Waals surface area (Å²) >= 11 is 0. The number of hydrogen-bond acceptors (Lipinski definition) is 2. The first-order valence-electron chi connectivity index (χ1n) is 10.9. The molecule has 4 heteroatoms. The van der Waals surface area contributed by atoms with Crippen LogP contribution >= 0.6 is 0 Å². The van der Waals surface area contributed by atoms with Gasteiger partial charge in [-0.1, -0.05) is 37.3 Å². The molecular formula is C25H35N2O2+. The minimum Gasteiger partial charge on any atom is -0.496 e. The van der Waals surface area contributed by atoms with Crippen LogP contribution < -0.4 is 10.1 Å². The largest absolute Gasteiger partial charge is 0.496 e. The van der Waals surface area contributed by atoms with Gasteiger partial charge in [0, 0.05) is 17.7 Å². The van der Waals surface area contributed by atoms with Gasteiger partial charge in [-0.15, -0.1) is 0 Å². The Hall–Kier alpha value is -2.33. The Morgan fingerprint density at radius 1 is 1.03 bits per heavy atom. The van der Waals surface area contributed by atoms with Crippen molar-refractivity contribution >= 4 is 11.6 Å². The van der Waals surface area contributed by atoms with Gasteiger partial charge in [0.25, 0.3) is 5.91 Å². The number of methoxy groups -OCH3 is 1. The quantitative estimate of drug-likeness (QED) is 0.652. The van der Waals surface area contributed by atoms with Crippen LogP contribution in [0.2, 0.25) is 0 Å². The maximum atomic E-state index is 13.5. The SMILES string of the molecule is CCC(C(=O)Nc1c(C)cccc1C)[N+]1(Cc2ccccc2OC)CCCCC1. The van der Waals surface area contributed by atoms with Crippen molar-refractivity contribution in [2.24, 2.45) is 0 Å². The van der Waals surface area contributed by atoms with Crippen LogP contribution in [0.5, 0.6) is 5.75 Å². The summed E-state index contributed by atoms with van der Waals surface area (Å²) in [5, 5.41) is 3.28. The van der Waals surface area contributed by atoms with Crippen LogP contribution in [0, 0.1) is 13.8 Å². The molecule has 0 saturated carbocycles. The van der Waals surface area contributed by atoms with Crippen LogP contribution in [0.25, 0.3) is 0 Å². The van der Waals surface area contributed by atoms with Crippen molar-refractivity contribution in [1.82, 2.24) is 0 Å². The van der Waals surface area contributed by atoms with E-state index in [1.165, 1.54) is 24.8 Å². The molecule has 2 aromatic rings. The lowest BCUT2D eigenvalue weighted by Gasteiger charge is -2.46. The summed E-state index contributed by atoms with van der Waals surface area (Å²) in [6.45, 7) is 9.18. The van der Waals surface area contributed by atoms with Gasteiger partial charge in [-0.05, 0) is 56.4 Å². The summed E-state index contributed by atoms with van der Waals surface area (Å²) in [5.41, 5.74) is 4.38. The molecule has 1 saturated heterocycles. The van der Waals surface area contributed by atoms with Crippen molar-refractivity contribution in [1.29, 1.82) is 0 Å². The zero-order valence-corrected chi connectivity index (χ0v) is 18.3. The van der Waals surface area contributed by atoms with Crippen molar-refractivity contribution in [3.8, 4) is 5.75 Å². The van der Waals surface area contributed by atoms with Crippen LogP contribution in [0.4, 0.5) is 5.69 Å². The van der Waals surface area contributed by atoms with E-state index < -0.39 is 0 Å². The van der Waals surface area contributed by atoms with Gasteiger partial charge in [0.1, 0.15) is 12.3 Å². The topological polar surface area (TPSA) is 38.3 Å². The first-order chi connectivity index (χ1) is 14.0. The molecule has 1 heterocycles. The second-order valence-corrected chi connectivity index (χ2v) is 8.38. The second kappa shape index (κ2) is 9.45. The number of aryl methyl sites for hydroxylation is 2. The minimum absolute atomic E-state index is 0.0702. The van der Waals surface area contributed by atoms with E-state index in [-0.39, 0.29) is 11.9 Å². The maximum Gasteiger partial charge on any atom is 0.282 e. The number of piperidine rings is 1. The predicted octanol–water partition coefficient (Wildman–Crippen LogP) is 5.23. The summed E-state index contributed by atoms with van der Waals surface area (Å²) in [5.74, 6) is 1.06. The van der Waals surface area contributed by atoms with Crippen molar-refractivity contribution in [3.63, 3.8) is 0 Å². The molecule has 2 aromatic carbocycles. The van der Waals surface area contributed by atoms with Gasteiger partial charge in [-0.2, -0.15) is 0 Å². The van der Waals surface area contributed by atoms with Crippen LogP contribution in [-0.2, 0) is 11.3 Å². The lowest BCUT2D eigenvalue weighted by Crippen LogP contribution is -2.61. The van der Waals surface area contributed by atoms with Gasteiger partial charge in [0.15, 0.2) is 6.04 Å². The molecule has 0 aromatic heterocycles. The average Bonchev–Trinajstić information content (AvgIpc) is 2.72. The monoisotopic (exact) mass is 395 g/mol. The van der Waals surface area contributed by atoms with Crippen molar-refractivity contribution in [3.05, 3.63) is 59.2 Å². The zero-order chi connectivity index (χ0) is 20.9. The van der Waals surface area contributed by atoms with Gasteiger partial charge in [-0.3, -0.25) is 4.79 Å². The van der Waals surface area contributed by atoms with Gasteiger partial charge in [0.2, 0.25) is 0 Å². The Labute approximate surface area is 175 Å². The Bertz CT molecular complexity index is 820. The number of ether oxygens (including phenoxy) is 1. The summed E-state index contributed by atoms with van der Waals surface area (Å²) in [6, 6.07) is 14.3. The summed E-state index contributed by atoms with van der Waals surface area (Å²) in [4.78, 5) is 13.5. The Balaban J connectivity index is 1.92. The molecule has 0 bridgehead atoms. The third-order valence-electron chi connectivity index (χ3n) is 6.46. The normalized spacial score (nSPS) is 16.8. The Morgan fingerprint density at radius 2 is 1.69 bits per heavy atom. The third kappa shape index (κ3) is 4.64. The van der Waals surface area contributed by atoms with Gasteiger partial charge < -0.3 is 14.5 Å². The van der Waals surface area contributed by atoms with Crippen LogP contribution in [0.3, 0.4) is 0 Å². The Kier molecular flexibility index (Phi) is 6.96. The smallest absolute Gasteiger partial charge is 0.282 e. The number of benzene rings is 2. The number of likely N-dealkylation sites (tertiary alicyclic amines) is 1. The average molecular weight is 396 g/mol. The second-order valence-electron chi connectivity index (χ2n) is 8.38. The highest BCUT2D eigenvalue weighted by atomic mass is 16.5. The van der Waals surface area contributed by atoms with E-state index in [9.17, 15) is 4.79 Å². The number of nitrogens with one attached hydrogen (secondary N) is 1. The number of anilines is 1. The highest BCUT2D eigenvalue weighted by Crippen LogP contribution is 2.32. The number of quaternary nitrogens is 1. The van der Waals surface area contributed by atoms with E-state index in [1.54, 1.807) is 7.11 Å². The molecular weight excluding hydrogens is 360 g/mol. The molecule has 156 valence electrons. The van der Waals surface area contributed by atoms with Gasteiger partial charge >= 0.3 is 0 Å². The number of hydrogen-bond donors (Lipinski definition) is 1. The molecule has 1 aliphatic heterocycles. The first-order valence-corrected chi connectivity index (χ1v) is 10.9. The summed E-state index contributed by atoms with van der Waals surface area (Å²) in [7, 11) is 1.73. The van der Waals surface area contributed by atoms with E-state index in [1.807, 2.05) is 18.2 Å². The molecule has 29 heavy (non-hydrogen) atoms. The van der Waals surface area contributed by atoms with Gasteiger partial charge in [0.05, 0.1) is 20.2 Å². The van der Waals surface area contributed by atoms with Crippen molar-refractivity contribution in [2.75, 3.05) is 25.5 Å². The van der Waals surface area contributed by atoms with Gasteiger partial charge in [-0.25, -0.2) is 0 Å². The standard InChI is InChI=1S/C25H34N2O2/c1-5-22(25(28)26-24-19(2)12-11-13-20(24)3)27(16-9-6-10-17-27)18-21-14-7-8-15-23(21)29-4/h7-8,11-15,22H,5-6,9-10,16-18H2,1-4H3/p+1.